The Kier molecular flexibility index (Phi) is 10.7. The number of allylic oxidation sites excluding steroid dienone is 2. The molecule has 1 heterocycles. The summed E-state index contributed by atoms with van der Waals surface area (Å²) in [5, 5.41) is 0. The van der Waals surface area contributed by atoms with Crippen molar-refractivity contribution in [3.8, 4) is 0 Å². The van der Waals surface area contributed by atoms with Crippen LogP contribution in [0.5, 0.6) is 0 Å². The van der Waals surface area contributed by atoms with Crippen LogP contribution in [-0.4, -0.2) is 30.1 Å². The zero-order valence-electron chi connectivity index (χ0n) is 31.5. The average molecular weight is 673 g/mol. The fourth-order valence-corrected chi connectivity index (χ4v) is 15.1. The summed E-state index contributed by atoms with van der Waals surface area (Å²) in [5.74, 6) is 1.52. The summed E-state index contributed by atoms with van der Waals surface area (Å²) < 4.78 is 0. The first-order valence-electron chi connectivity index (χ1n) is 19.8. The molecule has 0 amide bonds. The summed E-state index contributed by atoms with van der Waals surface area (Å²) >= 11 is 0. The van der Waals surface area contributed by atoms with Crippen molar-refractivity contribution >= 4 is 25.4 Å². The molecule has 260 valence electrons. The second-order valence-electron chi connectivity index (χ2n) is 16.1. The van der Waals surface area contributed by atoms with Gasteiger partial charge in [-0.3, -0.25) is 0 Å². The largest absolute Gasteiger partial charge is 0.325 e. The number of rotatable bonds is 6. The van der Waals surface area contributed by atoms with Crippen molar-refractivity contribution < 1.29 is 0 Å². The molecule has 0 spiro atoms. The third-order valence-corrected chi connectivity index (χ3v) is 16.2. The van der Waals surface area contributed by atoms with E-state index in [0.29, 0.717) is 5.66 Å². The molecule has 0 N–H and O–H groups in total. The van der Waals surface area contributed by atoms with Gasteiger partial charge in [-0.05, 0) is 131 Å². The molecule has 0 aromatic heterocycles. The van der Waals surface area contributed by atoms with E-state index in [1.807, 2.05) is 0 Å². The lowest BCUT2D eigenvalue weighted by atomic mass is 9.86. The van der Waals surface area contributed by atoms with Gasteiger partial charge in [0.25, 0.3) is 0 Å². The Morgan fingerprint density at radius 3 is 1.51 bits per heavy atom. The minimum absolute atomic E-state index is 0.141. The van der Waals surface area contributed by atoms with Gasteiger partial charge < -0.3 is 9.80 Å². The van der Waals surface area contributed by atoms with Gasteiger partial charge in [-0.15, -0.1) is 0 Å². The molecule has 0 bridgehead atoms. The molecule has 1 atom stereocenters. The number of nitrogens with zero attached hydrogens (tertiary/aromatic N) is 2. The lowest BCUT2D eigenvalue weighted by Crippen LogP contribution is -2.35. The summed E-state index contributed by atoms with van der Waals surface area (Å²) in [5.41, 5.74) is 18.5. The number of anilines is 2. The first-order chi connectivity index (χ1) is 23.8. The molecule has 3 aromatic rings. The molecule has 49 heavy (non-hydrogen) atoms. The zero-order chi connectivity index (χ0) is 34.1. The summed E-state index contributed by atoms with van der Waals surface area (Å²) in [4.78, 5) is 5.62. The number of hydrogen-bond donors (Lipinski definition) is 0. The van der Waals surface area contributed by atoms with Gasteiger partial charge in [-0.25, -0.2) is 0 Å². The van der Waals surface area contributed by atoms with Crippen LogP contribution < -0.4 is 9.80 Å². The van der Waals surface area contributed by atoms with E-state index in [1.54, 1.807) is 11.1 Å². The van der Waals surface area contributed by atoms with Crippen LogP contribution in [0.25, 0.3) is 6.08 Å². The standard InChI is InChI=1S/C46H61N2P/c1-32-27-34(3)44(35(4)28-32)47-25-26-48(45-36(5)29-33(2)30-37(45)6)46(47)43-39(31-38-17-10-7-11-18-38)19-16-24-42(43)49(40-20-12-8-13-21-40)41-22-14-9-15-23-41/h7,10-11,17-18,27-31,40-42H,8-9,12-16,19-26H2,1-6H3. The number of hydrogen-bond acceptors (Lipinski definition) is 2. The molecule has 3 saturated carbocycles. The van der Waals surface area contributed by atoms with Gasteiger partial charge in [0.15, 0.2) is 0 Å². The van der Waals surface area contributed by atoms with Crippen LogP contribution in [0.1, 0.15) is 122 Å². The normalized spacial score (nSPS) is 22.2. The van der Waals surface area contributed by atoms with Crippen LogP contribution in [0.2, 0.25) is 0 Å². The average Bonchev–Trinajstić information content (AvgIpc) is 3.49. The van der Waals surface area contributed by atoms with E-state index >= 15 is 0 Å². The van der Waals surface area contributed by atoms with Gasteiger partial charge in [0.2, 0.25) is 0 Å². The van der Waals surface area contributed by atoms with Crippen LogP contribution >= 0.6 is 7.92 Å². The summed E-state index contributed by atoms with van der Waals surface area (Å²) in [6.07, 6.45) is 21.1. The highest BCUT2D eigenvalue weighted by Gasteiger charge is 2.44. The Bertz CT molecular complexity index is 1560. The highest BCUT2D eigenvalue weighted by Crippen LogP contribution is 2.64. The van der Waals surface area contributed by atoms with Gasteiger partial charge in [0.05, 0.1) is 0 Å². The SMILES string of the molecule is Cc1cc(C)c(N2CCN(c3c(C)cc(C)cc3C)C2=C2C(=Cc3ccccc3)CCCC2P(C2CCCCC2)C2CCCCC2)c(C)c1. The van der Waals surface area contributed by atoms with E-state index in [4.69, 9.17) is 0 Å². The van der Waals surface area contributed by atoms with Crippen molar-refractivity contribution in [2.24, 2.45) is 0 Å². The fraction of sp³-hybridized carbons (Fsp3) is 0.522. The van der Waals surface area contributed by atoms with Crippen molar-refractivity contribution in [2.75, 3.05) is 22.9 Å². The van der Waals surface area contributed by atoms with Gasteiger partial charge in [-0.2, -0.15) is 0 Å². The second-order valence-corrected chi connectivity index (χ2v) is 19.0. The number of benzene rings is 3. The van der Waals surface area contributed by atoms with Crippen molar-refractivity contribution in [1.82, 2.24) is 0 Å². The quantitative estimate of drug-likeness (QED) is 0.241. The minimum Gasteiger partial charge on any atom is -0.325 e. The van der Waals surface area contributed by atoms with Crippen molar-refractivity contribution in [2.45, 2.75) is 142 Å². The van der Waals surface area contributed by atoms with E-state index in [9.17, 15) is 0 Å². The molecular weight excluding hydrogens is 611 g/mol. The molecule has 3 heteroatoms. The Labute approximate surface area is 299 Å². The molecule has 1 saturated heterocycles. The first kappa shape index (κ1) is 34.6. The van der Waals surface area contributed by atoms with Crippen molar-refractivity contribution in [1.29, 1.82) is 0 Å². The Balaban J connectivity index is 1.51. The highest BCUT2D eigenvalue weighted by molar-refractivity contribution is 7.60. The maximum Gasteiger partial charge on any atom is 0.117 e. The number of aryl methyl sites for hydroxylation is 6. The Morgan fingerprint density at radius 2 is 1.04 bits per heavy atom. The highest BCUT2D eigenvalue weighted by atomic mass is 31.1. The molecule has 0 radical (unpaired) electrons. The predicted octanol–water partition coefficient (Wildman–Crippen LogP) is 12.9. The third-order valence-electron chi connectivity index (χ3n) is 12.2. The summed E-state index contributed by atoms with van der Waals surface area (Å²) in [7, 11) is -0.141. The van der Waals surface area contributed by atoms with Gasteiger partial charge >= 0.3 is 0 Å². The monoisotopic (exact) mass is 672 g/mol. The van der Waals surface area contributed by atoms with Crippen LogP contribution in [-0.2, 0) is 0 Å². The third kappa shape index (κ3) is 7.19. The Hall–Kier alpha value is -2.83. The molecule has 4 fully saturated rings. The zero-order valence-corrected chi connectivity index (χ0v) is 32.3. The van der Waals surface area contributed by atoms with Gasteiger partial charge in [0.1, 0.15) is 5.82 Å². The van der Waals surface area contributed by atoms with Crippen molar-refractivity contribution in [3.05, 3.63) is 111 Å². The topological polar surface area (TPSA) is 6.48 Å². The summed E-state index contributed by atoms with van der Waals surface area (Å²) in [6.45, 7) is 16.0. The molecule has 3 aromatic carbocycles. The Morgan fingerprint density at radius 1 is 0.571 bits per heavy atom. The maximum absolute atomic E-state index is 2.81. The van der Waals surface area contributed by atoms with E-state index in [1.165, 1.54) is 140 Å². The van der Waals surface area contributed by atoms with Gasteiger partial charge in [-0.1, -0.05) is 118 Å². The second kappa shape index (κ2) is 15.2. The fourth-order valence-electron chi connectivity index (χ4n) is 10.5. The molecule has 2 nitrogen and oxygen atoms in total. The molecule has 3 aliphatic carbocycles. The lowest BCUT2D eigenvalue weighted by molar-refractivity contribution is 0.479. The predicted molar refractivity (Wildman–Crippen MR) is 216 cm³/mol. The van der Waals surface area contributed by atoms with Crippen LogP contribution in [0, 0.1) is 41.5 Å². The van der Waals surface area contributed by atoms with Gasteiger partial charge in [0, 0.05) is 35.7 Å². The molecule has 7 rings (SSSR count). The van der Waals surface area contributed by atoms with Crippen LogP contribution in [0.4, 0.5) is 11.4 Å². The van der Waals surface area contributed by atoms with Crippen LogP contribution in [0.3, 0.4) is 0 Å². The molecular formula is C46H61N2P. The molecule has 1 aliphatic heterocycles. The van der Waals surface area contributed by atoms with E-state index in [-0.39, 0.29) is 7.92 Å². The van der Waals surface area contributed by atoms with E-state index < -0.39 is 0 Å². The smallest absolute Gasteiger partial charge is 0.117 e. The van der Waals surface area contributed by atoms with Crippen LogP contribution in [0.15, 0.2) is 71.6 Å². The lowest BCUT2D eigenvalue weighted by Gasteiger charge is -2.47. The first-order valence-corrected chi connectivity index (χ1v) is 21.3. The molecule has 4 aliphatic rings. The van der Waals surface area contributed by atoms with E-state index in [0.717, 1.165) is 24.4 Å². The minimum atomic E-state index is -0.141. The summed E-state index contributed by atoms with van der Waals surface area (Å²) in [6, 6.07) is 21.0. The maximum atomic E-state index is 2.81. The molecule has 1 unspecified atom stereocenters. The van der Waals surface area contributed by atoms with E-state index in [2.05, 4.69) is 112 Å². The van der Waals surface area contributed by atoms with Crippen molar-refractivity contribution in [3.63, 3.8) is 0 Å².